The summed E-state index contributed by atoms with van der Waals surface area (Å²) < 4.78 is 1.93. The number of hydrogen-bond donors (Lipinski definition) is 0. The van der Waals surface area contributed by atoms with Gasteiger partial charge < -0.3 is 4.57 Å². The minimum Gasteiger partial charge on any atom is -0.328 e. The number of aryl methyl sites for hydroxylation is 1. The van der Waals surface area contributed by atoms with Crippen molar-refractivity contribution in [1.82, 2.24) is 9.55 Å². The fraction of sp³-hybridized carbons (Fsp3) is 0.364. The van der Waals surface area contributed by atoms with Gasteiger partial charge in [0.05, 0.1) is 22.3 Å². The predicted octanol–water partition coefficient (Wildman–Crippen LogP) is 2.83. The Labute approximate surface area is 92.9 Å². The van der Waals surface area contributed by atoms with E-state index in [-0.39, 0.29) is 16.7 Å². The first-order valence-electron chi connectivity index (χ1n) is 5.12. The highest BCUT2D eigenvalue weighted by atomic mass is 16.6. The van der Waals surface area contributed by atoms with Crippen LogP contribution in [0, 0.1) is 17.0 Å². The highest BCUT2D eigenvalue weighted by Gasteiger charge is 2.15. The molecule has 0 radical (unpaired) electrons. The van der Waals surface area contributed by atoms with Crippen LogP contribution in [0.4, 0.5) is 5.69 Å². The van der Waals surface area contributed by atoms with Gasteiger partial charge in [-0.1, -0.05) is 0 Å². The largest absolute Gasteiger partial charge is 0.328 e. The molecule has 1 aromatic heterocycles. The molecule has 0 aliphatic rings. The van der Waals surface area contributed by atoms with Gasteiger partial charge in [-0.05, 0) is 26.8 Å². The Morgan fingerprint density at radius 1 is 1.44 bits per heavy atom. The third-order valence-corrected chi connectivity index (χ3v) is 2.65. The lowest BCUT2D eigenvalue weighted by Crippen LogP contribution is -1.99. The van der Waals surface area contributed by atoms with E-state index in [9.17, 15) is 10.1 Å². The Bertz CT molecular complexity index is 558. The SMILES string of the molecule is Cc1cc2ncn(C(C)C)c2cc1[N+](=O)[O-]. The van der Waals surface area contributed by atoms with Crippen LogP contribution in [0.15, 0.2) is 18.5 Å². The lowest BCUT2D eigenvalue weighted by Gasteiger charge is -2.07. The summed E-state index contributed by atoms with van der Waals surface area (Å²) in [6.45, 7) is 5.77. The number of hydrogen-bond acceptors (Lipinski definition) is 3. The minimum absolute atomic E-state index is 0.148. The van der Waals surface area contributed by atoms with Crippen molar-refractivity contribution >= 4 is 16.7 Å². The van der Waals surface area contributed by atoms with Gasteiger partial charge in [0.15, 0.2) is 0 Å². The van der Waals surface area contributed by atoms with Gasteiger partial charge in [0.2, 0.25) is 0 Å². The van der Waals surface area contributed by atoms with E-state index in [1.54, 1.807) is 25.4 Å². The summed E-state index contributed by atoms with van der Waals surface area (Å²) in [5.41, 5.74) is 2.41. The number of aromatic nitrogens is 2. The number of fused-ring (bicyclic) bond motifs is 1. The first-order chi connectivity index (χ1) is 7.50. The van der Waals surface area contributed by atoms with Crippen LogP contribution in [-0.2, 0) is 0 Å². The summed E-state index contributed by atoms with van der Waals surface area (Å²) in [5.74, 6) is 0. The van der Waals surface area contributed by atoms with E-state index in [4.69, 9.17) is 0 Å². The van der Waals surface area contributed by atoms with Crippen molar-refractivity contribution in [3.05, 3.63) is 34.1 Å². The molecular formula is C11H13N3O2. The summed E-state index contributed by atoms with van der Waals surface area (Å²) >= 11 is 0. The molecule has 2 aromatic rings. The highest BCUT2D eigenvalue weighted by Crippen LogP contribution is 2.26. The number of nitrogens with zero attached hydrogens (tertiary/aromatic N) is 3. The average Bonchev–Trinajstić information content (AvgIpc) is 2.58. The van der Waals surface area contributed by atoms with E-state index in [0.29, 0.717) is 5.56 Å². The van der Waals surface area contributed by atoms with Crippen LogP contribution in [0.1, 0.15) is 25.5 Å². The molecule has 1 aromatic carbocycles. The Hall–Kier alpha value is -1.91. The van der Waals surface area contributed by atoms with E-state index in [0.717, 1.165) is 11.0 Å². The first-order valence-corrected chi connectivity index (χ1v) is 5.12. The maximum Gasteiger partial charge on any atom is 0.274 e. The van der Waals surface area contributed by atoms with Gasteiger partial charge >= 0.3 is 0 Å². The van der Waals surface area contributed by atoms with E-state index in [1.165, 1.54) is 0 Å². The summed E-state index contributed by atoms with van der Waals surface area (Å²) in [6.07, 6.45) is 1.72. The Morgan fingerprint density at radius 3 is 2.69 bits per heavy atom. The first kappa shape index (κ1) is 10.6. The molecule has 1 heterocycles. The molecule has 2 rings (SSSR count). The molecule has 0 aliphatic heterocycles. The van der Waals surface area contributed by atoms with Crippen molar-refractivity contribution in [3.8, 4) is 0 Å². The quantitative estimate of drug-likeness (QED) is 0.576. The van der Waals surface area contributed by atoms with Crippen molar-refractivity contribution in [2.24, 2.45) is 0 Å². The van der Waals surface area contributed by atoms with Gasteiger partial charge in [-0.2, -0.15) is 0 Å². The van der Waals surface area contributed by atoms with Crippen LogP contribution < -0.4 is 0 Å². The molecule has 0 N–H and O–H groups in total. The molecule has 0 fully saturated rings. The topological polar surface area (TPSA) is 61.0 Å². The molecule has 0 saturated carbocycles. The van der Waals surface area contributed by atoms with E-state index >= 15 is 0 Å². The number of imidazole rings is 1. The van der Waals surface area contributed by atoms with Crippen molar-refractivity contribution in [2.75, 3.05) is 0 Å². The molecule has 0 saturated heterocycles. The average molecular weight is 219 g/mol. The summed E-state index contributed by atoms with van der Waals surface area (Å²) in [4.78, 5) is 14.7. The molecule has 84 valence electrons. The number of benzene rings is 1. The molecule has 0 bridgehead atoms. The van der Waals surface area contributed by atoms with E-state index in [2.05, 4.69) is 4.98 Å². The maximum absolute atomic E-state index is 10.8. The fourth-order valence-electron chi connectivity index (χ4n) is 1.78. The zero-order chi connectivity index (χ0) is 11.9. The maximum atomic E-state index is 10.8. The number of nitro groups is 1. The summed E-state index contributed by atoms with van der Waals surface area (Å²) in [7, 11) is 0. The molecule has 5 nitrogen and oxygen atoms in total. The standard InChI is InChI=1S/C11H13N3O2/c1-7(2)13-6-12-9-4-8(3)10(14(15)16)5-11(9)13/h4-7H,1-3H3. The monoisotopic (exact) mass is 219 g/mol. The molecule has 5 heteroatoms. The van der Waals surface area contributed by atoms with Crippen LogP contribution in [0.2, 0.25) is 0 Å². The zero-order valence-corrected chi connectivity index (χ0v) is 9.47. The second-order valence-corrected chi connectivity index (χ2v) is 4.13. The molecule has 16 heavy (non-hydrogen) atoms. The van der Waals surface area contributed by atoms with Crippen molar-refractivity contribution < 1.29 is 4.92 Å². The van der Waals surface area contributed by atoms with Gasteiger partial charge in [-0.15, -0.1) is 0 Å². The van der Waals surface area contributed by atoms with Gasteiger partial charge in [0.25, 0.3) is 5.69 Å². The Kier molecular flexibility index (Phi) is 2.38. The van der Waals surface area contributed by atoms with Crippen molar-refractivity contribution in [2.45, 2.75) is 26.8 Å². The Balaban J connectivity index is 2.74. The van der Waals surface area contributed by atoms with Gasteiger partial charge in [0, 0.05) is 17.7 Å². The van der Waals surface area contributed by atoms with Crippen LogP contribution in [0.25, 0.3) is 11.0 Å². The Morgan fingerprint density at radius 2 is 2.12 bits per heavy atom. The number of nitro benzene ring substituents is 1. The lowest BCUT2D eigenvalue weighted by atomic mass is 10.1. The van der Waals surface area contributed by atoms with Crippen LogP contribution >= 0.6 is 0 Å². The smallest absolute Gasteiger partial charge is 0.274 e. The highest BCUT2D eigenvalue weighted by molar-refractivity contribution is 5.79. The fourth-order valence-corrected chi connectivity index (χ4v) is 1.78. The molecule has 0 aliphatic carbocycles. The lowest BCUT2D eigenvalue weighted by molar-refractivity contribution is -0.385. The predicted molar refractivity (Wildman–Crippen MR) is 61.5 cm³/mol. The second-order valence-electron chi connectivity index (χ2n) is 4.13. The number of rotatable bonds is 2. The van der Waals surface area contributed by atoms with E-state index < -0.39 is 0 Å². The van der Waals surface area contributed by atoms with Crippen LogP contribution in [0.3, 0.4) is 0 Å². The zero-order valence-electron chi connectivity index (χ0n) is 9.47. The van der Waals surface area contributed by atoms with Crippen molar-refractivity contribution in [3.63, 3.8) is 0 Å². The third kappa shape index (κ3) is 1.54. The third-order valence-electron chi connectivity index (χ3n) is 2.65. The van der Waals surface area contributed by atoms with Gasteiger partial charge in [0.1, 0.15) is 0 Å². The molecule has 0 atom stereocenters. The molecular weight excluding hydrogens is 206 g/mol. The van der Waals surface area contributed by atoms with E-state index in [1.807, 2.05) is 18.4 Å². The normalized spacial score (nSPS) is 11.2. The summed E-state index contributed by atoms with van der Waals surface area (Å²) in [5, 5.41) is 10.8. The second kappa shape index (κ2) is 3.59. The van der Waals surface area contributed by atoms with Crippen LogP contribution in [-0.4, -0.2) is 14.5 Å². The van der Waals surface area contributed by atoms with Crippen molar-refractivity contribution in [1.29, 1.82) is 0 Å². The van der Waals surface area contributed by atoms with Gasteiger partial charge in [-0.25, -0.2) is 4.98 Å². The molecule has 0 spiro atoms. The van der Waals surface area contributed by atoms with Crippen LogP contribution in [0.5, 0.6) is 0 Å². The summed E-state index contributed by atoms with van der Waals surface area (Å²) in [6, 6.07) is 3.59. The minimum atomic E-state index is -0.355. The molecule has 0 amide bonds. The van der Waals surface area contributed by atoms with Gasteiger partial charge in [-0.3, -0.25) is 10.1 Å². The molecule has 0 unspecified atom stereocenters.